The van der Waals surface area contributed by atoms with Gasteiger partial charge in [-0.3, -0.25) is 0 Å². The molecule has 6 heteroatoms. The summed E-state index contributed by atoms with van der Waals surface area (Å²) in [5.74, 6) is 2.68. The summed E-state index contributed by atoms with van der Waals surface area (Å²) in [6.45, 7) is 0.851. The maximum absolute atomic E-state index is 5.91. The molecule has 21 heavy (non-hydrogen) atoms. The van der Waals surface area contributed by atoms with Crippen LogP contribution in [0, 0.1) is 0 Å². The third-order valence-electron chi connectivity index (χ3n) is 3.59. The first kappa shape index (κ1) is 14.6. The van der Waals surface area contributed by atoms with Crippen LogP contribution >= 0.6 is 27.5 Å². The van der Waals surface area contributed by atoms with Crippen LogP contribution in [0.1, 0.15) is 11.6 Å². The minimum Gasteiger partial charge on any atom is -0.338 e. The molecular weight excluding hydrogens is 352 g/mol. The van der Waals surface area contributed by atoms with Gasteiger partial charge in [0.1, 0.15) is 11.6 Å². The van der Waals surface area contributed by atoms with Gasteiger partial charge >= 0.3 is 0 Å². The molecule has 0 spiro atoms. The molecule has 3 aromatic rings. The van der Waals surface area contributed by atoms with E-state index in [9.17, 15) is 0 Å². The second kappa shape index (κ2) is 6.20. The van der Waals surface area contributed by atoms with Gasteiger partial charge in [-0.15, -0.1) is 11.6 Å². The smallest absolute Gasteiger partial charge is 0.111 e. The van der Waals surface area contributed by atoms with Gasteiger partial charge in [0.25, 0.3) is 0 Å². The van der Waals surface area contributed by atoms with E-state index in [1.54, 1.807) is 0 Å². The van der Waals surface area contributed by atoms with Crippen molar-refractivity contribution >= 4 is 38.6 Å². The molecule has 0 saturated heterocycles. The summed E-state index contributed by atoms with van der Waals surface area (Å²) in [6, 6.07) is 6.16. The van der Waals surface area contributed by atoms with Gasteiger partial charge < -0.3 is 9.13 Å². The van der Waals surface area contributed by atoms with Crippen LogP contribution in [0.15, 0.2) is 35.1 Å². The Morgan fingerprint density at radius 2 is 2.10 bits per heavy atom. The number of hydrogen-bond donors (Lipinski definition) is 0. The Hall–Kier alpha value is -1.33. The minimum atomic E-state index is 0.576. The monoisotopic (exact) mass is 366 g/mol. The van der Waals surface area contributed by atoms with Gasteiger partial charge in [0.05, 0.1) is 11.0 Å². The van der Waals surface area contributed by atoms with Crippen molar-refractivity contribution in [3.63, 3.8) is 0 Å². The third-order valence-corrected chi connectivity index (χ3v) is 4.27. The molecule has 0 atom stereocenters. The first-order valence-electron chi connectivity index (χ1n) is 6.86. The Bertz CT molecular complexity index is 762. The van der Waals surface area contributed by atoms with Gasteiger partial charge in [0, 0.05) is 49.2 Å². The molecule has 0 radical (unpaired) electrons. The Morgan fingerprint density at radius 3 is 2.81 bits per heavy atom. The minimum absolute atomic E-state index is 0.576. The van der Waals surface area contributed by atoms with Gasteiger partial charge in [0.2, 0.25) is 0 Å². The fraction of sp³-hybridized carbons (Fsp3) is 0.333. The maximum atomic E-state index is 5.91. The Balaban J connectivity index is 1.96. The van der Waals surface area contributed by atoms with Crippen molar-refractivity contribution < 1.29 is 0 Å². The summed E-state index contributed by atoms with van der Waals surface area (Å²) in [7, 11) is 2.02. The van der Waals surface area contributed by atoms with Crippen molar-refractivity contribution in [2.45, 2.75) is 19.4 Å². The SMILES string of the molecule is Cn1ccnc1CCn1c(CCCl)nc2ccc(Br)cc21. The molecular formula is C15H16BrClN4. The molecule has 0 N–H and O–H groups in total. The lowest BCUT2D eigenvalue weighted by Gasteiger charge is -2.09. The zero-order valence-corrected chi connectivity index (χ0v) is 14.1. The van der Waals surface area contributed by atoms with Crippen LogP contribution in [0.4, 0.5) is 0 Å². The third kappa shape index (κ3) is 2.99. The van der Waals surface area contributed by atoms with E-state index >= 15 is 0 Å². The number of fused-ring (bicyclic) bond motifs is 1. The van der Waals surface area contributed by atoms with Crippen LogP contribution in [0.3, 0.4) is 0 Å². The van der Waals surface area contributed by atoms with E-state index < -0.39 is 0 Å². The zero-order chi connectivity index (χ0) is 14.8. The molecule has 0 aliphatic rings. The zero-order valence-electron chi connectivity index (χ0n) is 11.8. The van der Waals surface area contributed by atoms with Gasteiger partial charge in [-0.25, -0.2) is 9.97 Å². The number of halogens is 2. The summed E-state index contributed by atoms with van der Waals surface area (Å²) in [5, 5.41) is 0. The lowest BCUT2D eigenvalue weighted by Crippen LogP contribution is -2.09. The van der Waals surface area contributed by atoms with Crippen LogP contribution in [0.5, 0.6) is 0 Å². The Morgan fingerprint density at radius 1 is 1.24 bits per heavy atom. The normalized spacial score (nSPS) is 11.4. The van der Waals surface area contributed by atoms with Crippen LogP contribution in [-0.4, -0.2) is 25.0 Å². The highest BCUT2D eigenvalue weighted by Gasteiger charge is 2.11. The topological polar surface area (TPSA) is 35.6 Å². The number of aromatic nitrogens is 4. The molecule has 2 heterocycles. The van der Waals surface area contributed by atoms with Crippen LogP contribution in [0.25, 0.3) is 11.0 Å². The molecule has 1 aromatic carbocycles. The number of nitrogens with zero attached hydrogens (tertiary/aromatic N) is 4. The molecule has 110 valence electrons. The predicted molar refractivity (Wildman–Crippen MR) is 88.8 cm³/mol. The Kier molecular flexibility index (Phi) is 4.31. The van der Waals surface area contributed by atoms with E-state index in [1.807, 2.05) is 31.6 Å². The predicted octanol–water partition coefficient (Wildman–Crippen LogP) is 3.56. The number of alkyl halides is 1. The molecule has 0 aliphatic heterocycles. The van der Waals surface area contributed by atoms with Gasteiger partial charge in [0.15, 0.2) is 0 Å². The van der Waals surface area contributed by atoms with Crippen molar-refractivity contribution in [2.75, 3.05) is 5.88 Å². The first-order valence-corrected chi connectivity index (χ1v) is 8.18. The molecule has 3 rings (SSSR count). The largest absolute Gasteiger partial charge is 0.338 e. The lowest BCUT2D eigenvalue weighted by atomic mass is 10.3. The highest BCUT2D eigenvalue weighted by Crippen LogP contribution is 2.22. The van der Waals surface area contributed by atoms with E-state index in [0.29, 0.717) is 5.88 Å². The van der Waals surface area contributed by atoms with Gasteiger partial charge in [-0.05, 0) is 18.2 Å². The summed E-state index contributed by atoms with van der Waals surface area (Å²) >= 11 is 9.45. The summed E-state index contributed by atoms with van der Waals surface area (Å²) in [4.78, 5) is 9.08. The van der Waals surface area contributed by atoms with E-state index in [-0.39, 0.29) is 0 Å². The number of rotatable bonds is 5. The molecule has 0 fully saturated rings. The molecule has 4 nitrogen and oxygen atoms in total. The molecule has 0 amide bonds. The lowest BCUT2D eigenvalue weighted by molar-refractivity contribution is 0.638. The summed E-state index contributed by atoms with van der Waals surface area (Å²) < 4.78 is 5.36. The fourth-order valence-electron chi connectivity index (χ4n) is 2.52. The van der Waals surface area contributed by atoms with Gasteiger partial charge in [-0.1, -0.05) is 15.9 Å². The average Bonchev–Trinajstić information content (AvgIpc) is 3.01. The number of imidazole rings is 2. The molecule has 0 unspecified atom stereocenters. The van der Waals surface area contributed by atoms with Gasteiger partial charge in [-0.2, -0.15) is 0 Å². The first-order chi connectivity index (χ1) is 10.2. The average molecular weight is 368 g/mol. The van der Waals surface area contributed by atoms with E-state index in [4.69, 9.17) is 16.6 Å². The van der Waals surface area contributed by atoms with Crippen LogP contribution in [0.2, 0.25) is 0 Å². The highest BCUT2D eigenvalue weighted by molar-refractivity contribution is 9.10. The second-order valence-corrected chi connectivity index (χ2v) is 6.25. The van der Waals surface area contributed by atoms with Crippen LogP contribution < -0.4 is 0 Å². The van der Waals surface area contributed by atoms with Crippen molar-refractivity contribution in [3.05, 3.63) is 46.7 Å². The molecule has 0 saturated carbocycles. The number of aryl methyl sites for hydroxylation is 4. The number of benzene rings is 1. The standard InChI is InChI=1S/C15H16BrClN4/c1-20-9-7-18-14(20)5-8-21-13-10-11(16)2-3-12(13)19-15(21)4-6-17/h2-3,7,9-10H,4-6,8H2,1H3. The molecule has 0 bridgehead atoms. The van der Waals surface area contributed by atoms with Crippen molar-refractivity contribution in [1.29, 1.82) is 0 Å². The highest BCUT2D eigenvalue weighted by atomic mass is 79.9. The molecule has 2 aromatic heterocycles. The second-order valence-electron chi connectivity index (χ2n) is 4.96. The van der Waals surface area contributed by atoms with Crippen molar-refractivity contribution in [3.8, 4) is 0 Å². The van der Waals surface area contributed by atoms with Crippen LogP contribution in [-0.2, 0) is 26.4 Å². The van der Waals surface area contributed by atoms with E-state index in [2.05, 4.69) is 36.1 Å². The molecule has 0 aliphatic carbocycles. The van der Waals surface area contributed by atoms with Crippen molar-refractivity contribution in [1.82, 2.24) is 19.1 Å². The fourth-order valence-corrected chi connectivity index (χ4v) is 3.04. The number of hydrogen-bond acceptors (Lipinski definition) is 2. The quantitative estimate of drug-likeness (QED) is 0.646. The van der Waals surface area contributed by atoms with E-state index in [1.165, 1.54) is 0 Å². The summed E-state index contributed by atoms with van der Waals surface area (Å²) in [5.41, 5.74) is 2.15. The maximum Gasteiger partial charge on any atom is 0.111 e. The van der Waals surface area contributed by atoms with E-state index in [0.717, 1.165) is 46.5 Å². The van der Waals surface area contributed by atoms with Crippen molar-refractivity contribution in [2.24, 2.45) is 7.05 Å². The summed E-state index contributed by atoms with van der Waals surface area (Å²) in [6.07, 6.45) is 5.44. The Labute approximate surface area is 136 Å².